The van der Waals surface area contributed by atoms with E-state index in [9.17, 15) is 14.4 Å². The molecule has 154 valence electrons. The van der Waals surface area contributed by atoms with Crippen LogP contribution in [0.1, 0.15) is 18.3 Å². The van der Waals surface area contributed by atoms with Crippen LogP contribution in [0.2, 0.25) is 0 Å². The largest absolute Gasteiger partial charge is 0.345 e. The minimum absolute atomic E-state index is 0.283. The average molecular weight is 423 g/mol. The number of nitrogens with zero attached hydrogens (tertiary/aromatic N) is 2. The van der Waals surface area contributed by atoms with Crippen LogP contribution in [-0.4, -0.2) is 37.7 Å². The molecule has 30 heavy (non-hydrogen) atoms. The molecule has 1 atom stereocenters. The molecule has 2 aromatic carbocycles. The van der Waals surface area contributed by atoms with E-state index in [0.29, 0.717) is 17.6 Å². The number of imidazole rings is 1. The second-order valence-corrected chi connectivity index (χ2v) is 7.90. The molecule has 0 unspecified atom stereocenters. The molecule has 8 nitrogen and oxygen atoms in total. The van der Waals surface area contributed by atoms with Crippen molar-refractivity contribution in [2.75, 3.05) is 12.0 Å². The highest BCUT2D eigenvalue weighted by Crippen LogP contribution is 2.20. The van der Waals surface area contributed by atoms with Gasteiger partial charge in [0.2, 0.25) is 5.91 Å². The van der Waals surface area contributed by atoms with Gasteiger partial charge in [0.15, 0.2) is 0 Å². The number of benzene rings is 2. The number of aromatic amines is 2. The van der Waals surface area contributed by atoms with Gasteiger partial charge in [-0.15, -0.1) is 0 Å². The van der Waals surface area contributed by atoms with Crippen molar-refractivity contribution in [2.24, 2.45) is 0 Å². The summed E-state index contributed by atoms with van der Waals surface area (Å²) in [6, 6.07) is 13.9. The Bertz CT molecular complexity index is 1290. The Morgan fingerprint density at radius 1 is 1.13 bits per heavy atom. The van der Waals surface area contributed by atoms with Crippen molar-refractivity contribution in [2.45, 2.75) is 19.0 Å². The number of aromatic nitrogens is 4. The fourth-order valence-corrected chi connectivity index (χ4v) is 3.86. The number of rotatable bonds is 7. The molecule has 9 heteroatoms. The number of hydrogen-bond acceptors (Lipinski definition) is 5. The molecule has 0 aliphatic rings. The van der Waals surface area contributed by atoms with Crippen molar-refractivity contribution in [3.63, 3.8) is 0 Å². The Kier molecular flexibility index (Phi) is 5.71. The SMILES string of the molecule is CSCC[C@H](NC(=O)Cn1[nH]c(=O)c2ccccc2c1=O)c1nc2ccccc2[nH]1. The molecule has 0 saturated heterocycles. The third-order valence-electron chi connectivity index (χ3n) is 4.87. The van der Waals surface area contributed by atoms with E-state index in [4.69, 9.17) is 0 Å². The van der Waals surface area contributed by atoms with Crippen molar-refractivity contribution in [3.8, 4) is 0 Å². The zero-order valence-electron chi connectivity index (χ0n) is 16.3. The summed E-state index contributed by atoms with van der Waals surface area (Å²) in [4.78, 5) is 45.5. The molecule has 0 saturated carbocycles. The summed E-state index contributed by atoms with van der Waals surface area (Å²) < 4.78 is 1.05. The third kappa shape index (κ3) is 4.02. The highest BCUT2D eigenvalue weighted by Gasteiger charge is 2.19. The Hall–Kier alpha value is -3.33. The van der Waals surface area contributed by atoms with E-state index in [0.717, 1.165) is 21.5 Å². The van der Waals surface area contributed by atoms with E-state index in [1.54, 1.807) is 36.0 Å². The second kappa shape index (κ2) is 8.58. The van der Waals surface area contributed by atoms with Crippen LogP contribution in [0.4, 0.5) is 0 Å². The average Bonchev–Trinajstić information content (AvgIpc) is 3.19. The molecule has 0 radical (unpaired) electrons. The number of H-pyrrole nitrogens is 2. The number of carbonyl (C=O) groups is 1. The highest BCUT2D eigenvalue weighted by molar-refractivity contribution is 7.98. The van der Waals surface area contributed by atoms with Crippen LogP contribution in [-0.2, 0) is 11.3 Å². The van der Waals surface area contributed by atoms with Gasteiger partial charge in [0.05, 0.1) is 27.8 Å². The molecule has 0 aliphatic carbocycles. The van der Waals surface area contributed by atoms with E-state index < -0.39 is 11.1 Å². The van der Waals surface area contributed by atoms with E-state index in [2.05, 4.69) is 20.4 Å². The van der Waals surface area contributed by atoms with Gasteiger partial charge < -0.3 is 10.3 Å². The quantitative estimate of drug-likeness (QED) is 0.422. The standard InChI is InChI=1S/C21H21N5O3S/c1-30-11-10-17(19-23-15-8-4-5-9-16(15)24-19)22-18(27)12-26-21(29)14-7-3-2-6-13(14)20(28)25-26/h2-9,17H,10-12H2,1H3,(H,22,27)(H,23,24)(H,25,28)/t17-/m0/s1. The predicted molar refractivity (Wildman–Crippen MR) is 119 cm³/mol. The van der Waals surface area contributed by atoms with Crippen LogP contribution >= 0.6 is 11.8 Å². The van der Waals surface area contributed by atoms with E-state index in [1.807, 2.05) is 30.5 Å². The van der Waals surface area contributed by atoms with Gasteiger partial charge in [-0.1, -0.05) is 24.3 Å². The Balaban J connectivity index is 1.59. The van der Waals surface area contributed by atoms with Crippen LogP contribution in [0.5, 0.6) is 0 Å². The van der Waals surface area contributed by atoms with Gasteiger partial charge >= 0.3 is 0 Å². The summed E-state index contributed by atoms with van der Waals surface area (Å²) >= 11 is 1.67. The zero-order chi connectivity index (χ0) is 21.1. The van der Waals surface area contributed by atoms with Crippen molar-refractivity contribution < 1.29 is 4.79 Å². The fourth-order valence-electron chi connectivity index (χ4n) is 3.39. The maximum Gasteiger partial charge on any atom is 0.273 e. The normalized spacial score (nSPS) is 12.3. The van der Waals surface area contributed by atoms with E-state index >= 15 is 0 Å². The topological polar surface area (TPSA) is 113 Å². The predicted octanol–water partition coefficient (Wildman–Crippen LogP) is 2.18. The van der Waals surface area contributed by atoms with E-state index in [-0.39, 0.29) is 23.9 Å². The third-order valence-corrected chi connectivity index (χ3v) is 5.51. The first-order chi connectivity index (χ1) is 14.6. The second-order valence-electron chi connectivity index (χ2n) is 6.92. The number of hydrogen-bond donors (Lipinski definition) is 3. The summed E-state index contributed by atoms with van der Waals surface area (Å²) in [6.07, 6.45) is 2.67. The van der Waals surface area contributed by atoms with Crippen molar-refractivity contribution in [1.29, 1.82) is 0 Å². The first-order valence-electron chi connectivity index (χ1n) is 9.51. The molecule has 4 rings (SSSR count). The molecule has 1 amide bonds. The number of amides is 1. The van der Waals surface area contributed by atoms with Crippen LogP contribution in [0.25, 0.3) is 21.8 Å². The first kappa shape index (κ1) is 20.0. The molecule has 4 aromatic rings. The van der Waals surface area contributed by atoms with Gasteiger partial charge in [0, 0.05) is 0 Å². The zero-order valence-corrected chi connectivity index (χ0v) is 17.2. The lowest BCUT2D eigenvalue weighted by molar-refractivity contribution is -0.122. The van der Waals surface area contributed by atoms with Crippen LogP contribution < -0.4 is 16.4 Å². The van der Waals surface area contributed by atoms with Gasteiger partial charge in [-0.05, 0) is 42.7 Å². The first-order valence-corrected chi connectivity index (χ1v) is 10.9. The lowest BCUT2D eigenvalue weighted by atomic mass is 10.2. The number of carbonyl (C=O) groups excluding carboxylic acids is 1. The summed E-state index contributed by atoms with van der Waals surface area (Å²) in [7, 11) is 0. The van der Waals surface area contributed by atoms with Crippen molar-refractivity contribution in [1.82, 2.24) is 25.1 Å². The monoisotopic (exact) mass is 423 g/mol. The molecule has 0 bridgehead atoms. The summed E-state index contributed by atoms with van der Waals surface area (Å²) in [5.41, 5.74) is 0.899. The smallest absolute Gasteiger partial charge is 0.273 e. The highest BCUT2D eigenvalue weighted by atomic mass is 32.2. The van der Waals surface area contributed by atoms with Gasteiger partial charge in [-0.3, -0.25) is 19.5 Å². The van der Waals surface area contributed by atoms with Crippen LogP contribution in [0.3, 0.4) is 0 Å². The molecule has 2 aromatic heterocycles. The molecule has 2 heterocycles. The Labute approximate surface area is 175 Å². The summed E-state index contributed by atoms with van der Waals surface area (Å²) in [5, 5.41) is 6.02. The van der Waals surface area contributed by atoms with Gasteiger partial charge in [-0.25, -0.2) is 9.67 Å². The molecular formula is C21H21N5O3S. The number of thioether (sulfide) groups is 1. The Morgan fingerprint density at radius 3 is 2.63 bits per heavy atom. The fraction of sp³-hybridized carbons (Fsp3) is 0.238. The number of para-hydroxylation sites is 2. The Morgan fingerprint density at radius 2 is 1.87 bits per heavy atom. The van der Waals surface area contributed by atoms with Gasteiger partial charge in [0.25, 0.3) is 11.1 Å². The number of fused-ring (bicyclic) bond motifs is 2. The molecule has 3 N–H and O–H groups in total. The van der Waals surface area contributed by atoms with Crippen LogP contribution in [0, 0.1) is 0 Å². The molecular weight excluding hydrogens is 402 g/mol. The molecule has 0 aliphatic heterocycles. The molecule has 0 fully saturated rings. The minimum Gasteiger partial charge on any atom is -0.345 e. The lowest BCUT2D eigenvalue weighted by Crippen LogP contribution is -2.38. The maximum absolute atomic E-state index is 12.7. The van der Waals surface area contributed by atoms with E-state index in [1.165, 1.54) is 0 Å². The van der Waals surface area contributed by atoms with Crippen molar-refractivity contribution in [3.05, 3.63) is 75.1 Å². The minimum atomic E-state index is -0.412. The van der Waals surface area contributed by atoms with Crippen molar-refractivity contribution >= 4 is 39.5 Å². The number of nitrogens with one attached hydrogen (secondary N) is 3. The summed E-state index contributed by atoms with van der Waals surface area (Å²) in [6.45, 7) is -0.283. The van der Waals surface area contributed by atoms with Gasteiger partial charge in [0.1, 0.15) is 12.4 Å². The molecule has 0 spiro atoms. The lowest BCUT2D eigenvalue weighted by Gasteiger charge is -2.17. The summed E-state index contributed by atoms with van der Waals surface area (Å²) in [5.74, 6) is 1.11. The van der Waals surface area contributed by atoms with Crippen LogP contribution in [0.15, 0.2) is 58.1 Å². The maximum atomic E-state index is 12.7. The van der Waals surface area contributed by atoms with Gasteiger partial charge in [-0.2, -0.15) is 11.8 Å².